The number of hydrogen-bond acceptors (Lipinski definition) is 3. The SMILES string of the molecule is O=Nc1ccc[nH]c1=O. The average molecular weight is 124 g/mol. The first kappa shape index (κ1) is 5.68. The maximum Gasteiger partial charge on any atom is 0.277 e. The molecule has 0 aliphatic rings. The van der Waals surface area contributed by atoms with Crippen LogP contribution < -0.4 is 5.56 Å². The molecule has 0 unspecified atom stereocenters. The molecule has 0 radical (unpaired) electrons. The van der Waals surface area contributed by atoms with Crippen molar-refractivity contribution in [3.63, 3.8) is 0 Å². The number of nitrogens with zero attached hydrogens (tertiary/aromatic N) is 1. The van der Waals surface area contributed by atoms with Gasteiger partial charge in [0.05, 0.1) is 0 Å². The van der Waals surface area contributed by atoms with E-state index in [1.165, 1.54) is 18.3 Å². The molecule has 1 aromatic rings. The van der Waals surface area contributed by atoms with E-state index in [0.717, 1.165) is 0 Å². The summed E-state index contributed by atoms with van der Waals surface area (Å²) in [6, 6.07) is 2.89. The van der Waals surface area contributed by atoms with E-state index in [9.17, 15) is 9.70 Å². The van der Waals surface area contributed by atoms with E-state index in [1.54, 1.807) is 0 Å². The number of aromatic nitrogens is 1. The monoisotopic (exact) mass is 124 g/mol. The first-order valence-corrected chi connectivity index (χ1v) is 2.35. The van der Waals surface area contributed by atoms with Crippen molar-refractivity contribution in [2.75, 3.05) is 0 Å². The van der Waals surface area contributed by atoms with Gasteiger partial charge in [-0.15, -0.1) is 4.91 Å². The summed E-state index contributed by atoms with van der Waals surface area (Å²) in [7, 11) is 0. The van der Waals surface area contributed by atoms with Crippen LogP contribution in [-0.2, 0) is 0 Å². The molecule has 0 saturated heterocycles. The smallest absolute Gasteiger partial charge is 0.277 e. The number of nitrogens with one attached hydrogen (secondary N) is 1. The Balaban J connectivity index is 3.32. The molecule has 0 spiro atoms. The molecule has 46 valence electrons. The van der Waals surface area contributed by atoms with Gasteiger partial charge >= 0.3 is 0 Å². The Morgan fingerprint density at radius 3 is 2.78 bits per heavy atom. The Bertz CT molecular complexity index is 266. The van der Waals surface area contributed by atoms with Crippen molar-refractivity contribution in [1.29, 1.82) is 0 Å². The van der Waals surface area contributed by atoms with E-state index in [4.69, 9.17) is 0 Å². The normalized spacial score (nSPS) is 8.89. The summed E-state index contributed by atoms with van der Waals surface area (Å²) >= 11 is 0. The third-order valence-corrected chi connectivity index (χ3v) is 0.896. The maximum absolute atomic E-state index is 10.5. The number of aromatic amines is 1. The van der Waals surface area contributed by atoms with Gasteiger partial charge in [0.1, 0.15) is 0 Å². The van der Waals surface area contributed by atoms with Crippen LogP contribution in [0.15, 0.2) is 28.3 Å². The molecular weight excluding hydrogens is 120 g/mol. The van der Waals surface area contributed by atoms with Gasteiger partial charge in [0.25, 0.3) is 5.56 Å². The highest BCUT2D eigenvalue weighted by molar-refractivity contribution is 5.31. The van der Waals surface area contributed by atoms with Crippen LogP contribution in [0.25, 0.3) is 0 Å². The molecule has 0 atom stereocenters. The zero-order valence-corrected chi connectivity index (χ0v) is 4.50. The molecule has 1 N–H and O–H groups in total. The van der Waals surface area contributed by atoms with Crippen LogP contribution in [0.5, 0.6) is 0 Å². The van der Waals surface area contributed by atoms with Crippen molar-refractivity contribution in [2.45, 2.75) is 0 Å². The lowest BCUT2D eigenvalue weighted by Crippen LogP contribution is -2.01. The Kier molecular flexibility index (Phi) is 1.40. The molecule has 0 bridgehead atoms. The summed E-state index contributed by atoms with van der Waals surface area (Å²) in [4.78, 5) is 22.6. The summed E-state index contributed by atoms with van der Waals surface area (Å²) in [6.07, 6.45) is 1.44. The summed E-state index contributed by atoms with van der Waals surface area (Å²) in [5, 5.41) is 2.48. The average Bonchev–Trinajstić information content (AvgIpc) is 1.89. The second-order valence-corrected chi connectivity index (χ2v) is 1.48. The summed E-state index contributed by atoms with van der Waals surface area (Å²) in [5.41, 5.74) is -0.537. The molecule has 0 amide bonds. The number of hydrogen-bond donors (Lipinski definition) is 1. The van der Waals surface area contributed by atoms with E-state index in [2.05, 4.69) is 10.2 Å². The Morgan fingerprint density at radius 2 is 2.33 bits per heavy atom. The lowest BCUT2D eigenvalue weighted by Gasteiger charge is -1.81. The molecule has 4 nitrogen and oxygen atoms in total. The molecule has 0 aliphatic heterocycles. The van der Waals surface area contributed by atoms with E-state index < -0.39 is 5.56 Å². The lowest BCUT2D eigenvalue weighted by molar-refractivity contribution is 1.22. The predicted octanol–water partition coefficient (Wildman–Crippen LogP) is 0.773. The van der Waals surface area contributed by atoms with Crippen molar-refractivity contribution in [1.82, 2.24) is 4.98 Å². The van der Waals surface area contributed by atoms with Gasteiger partial charge in [-0.05, 0) is 17.3 Å². The van der Waals surface area contributed by atoms with Gasteiger partial charge in [-0.2, -0.15) is 0 Å². The first-order valence-electron chi connectivity index (χ1n) is 2.35. The highest BCUT2D eigenvalue weighted by Crippen LogP contribution is 1.98. The van der Waals surface area contributed by atoms with Gasteiger partial charge < -0.3 is 4.98 Å². The van der Waals surface area contributed by atoms with Crippen LogP contribution in [-0.4, -0.2) is 4.98 Å². The van der Waals surface area contributed by atoms with Gasteiger partial charge in [-0.25, -0.2) is 0 Å². The minimum Gasteiger partial charge on any atom is -0.327 e. The highest BCUT2D eigenvalue weighted by atomic mass is 16.3. The number of pyridine rings is 1. The molecule has 1 heterocycles. The zero-order valence-electron chi connectivity index (χ0n) is 4.50. The van der Waals surface area contributed by atoms with Gasteiger partial charge in [-0.1, -0.05) is 0 Å². The Labute approximate surface area is 50.5 Å². The van der Waals surface area contributed by atoms with Crippen LogP contribution in [0.2, 0.25) is 0 Å². The van der Waals surface area contributed by atoms with Crippen LogP contribution in [0.3, 0.4) is 0 Å². The quantitative estimate of drug-likeness (QED) is 0.562. The zero-order chi connectivity index (χ0) is 6.69. The van der Waals surface area contributed by atoms with E-state index in [-0.39, 0.29) is 5.69 Å². The maximum atomic E-state index is 10.5. The number of rotatable bonds is 1. The fraction of sp³-hybridized carbons (Fsp3) is 0. The largest absolute Gasteiger partial charge is 0.327 e. The van der Waals surface area contributed by atoms with Gasteiger partial charge in [0.2, 0.25) is 0 Å². The van der Waals surface area contributed by atoms with Crippen molar-refractivity contribution in [2.24, 2.45) is 5.18 Å². The minimum absolute atomic E-state index is 0.0856. The second-order valence-electron chi connectivity index (χ2n) is 1.48. The van der Waals surface area contributed by atoms with E-state index >= 15 is 0 Å². The summed E-state index contributed by atoms with van der Waals surface area (Å²) in [5.74, 6) is 0. The van der Waals surface area contributed by atoms with E-state index in [1.807, 2.05) is 0 Å². The number of nitroso groups, excluding NO2 is 1. The van der Waals surface area contributed by atoms with Crippen LogP contribution in [0, 0.1) is 4.91 Å². The molecule has 4 heteroatoms. The molecule has 0 aromatic carbocycles. The Morgan fingerprint density at radius 1 is 1.56 bits per heavy atom. The van der Waals surface area contributed by atoms with Crippen molar-refractivity contribution in [3.05, 3.63) is 33.6 Å². The molecule has 0 fully saturated rings. The third-order valence-electron chi connectivity index (χ3n) is 0.896. The standard InChI is InChI=1S/C5H4N2O2/c8-5-4(7-9)2-1-3-6-5/h1-3H,(H,6,8). The van der Waals surface area contributed by atoms with Gasteiger partial charge in [-0.3, -0.25) is 4.79 Å². The lowest BCUT2D eigenvalue weighted by atomic mass is 10.4. The predicted molar refractivity (Wildman–Crippen MR) is 32.5 cm³/mol. The van der Waals surface area contributed by atoms with E-state index in [0.29, 0.717) is 0 Å². The molecule has 0 aliphatic carbocycles. The molecule has 9 heavy (non-hydrogen) atoms. The summed E-state index contributed by atoms with van der Waals surface area (Å²) < 4.78 is 0. The Hall–Kier alpha value is -1.45. The fourth-order valence-electron chi connectivity index (χ4n) is 0.485. The first-order chi connectivity index (χ1) is 4.34. The van der Waals surface area contributed by atoms with Gasteiger partial charge in [0, 0.05) is 6.20 Å². The van der Waals surface area contributed by atoms with Gasteiger partial charge in [0.15, 0.2) is 5.69 Å². The van der Waals surface area contributed by atoms with Crippen LogP contribution in [0.1, 0.15) is 0 Å². The third kappa shape index (κ3) is 1.02. The topological polar surface area (TPSA) is 62.3 Å². The minimum atomic E-state index is -0.451. The van der Waals surface area contributed by atoms with Crippen molar-refractivity contribution in [3.8, 4) is 0 Å². The molecular formula is C5H4N2O2. The van der Waals surface area contributed by atoms with Crippen LogP contribution in [0.4, 0.5) is 5.69 Å². The fourth-order valence-corrected chi connectivity index (χ4v) is 0.485. The molecule has 1 aromatic heterocycles. The second kappa shape index (κ2) is 2.21. The van der Waals surface area contributed by atoms with Crippen molar-refractivity contribution >= 4 is 5.69 Å². The molecule has 0 saturated carbocycles. The molecule has 1 rings (SSSR count). The highest BCUT2D eigenvalue weighted by Gasteiger charge is 1.92. The van der Waals surface area contributed by atoms with Crippen LogP contribution >= 0.6 is 0 Å². The van der Waals surface area contributed by atoms with Crippen molar-refractivity contribution < 1.29 is 0 Å². The summed E-state index contributed by atoms with van der Waals surface area (Å²) in [6.45, 7) is 0. The number of H-pyrrole nitrogens is 1.